The van der Waals surface area contributed by atoms with E-state index in [0.717, 1.165) is 24.1 Å². The van der Waals surface area contributed by atoms with E-state index in [1.165, 1.54) is 29.1 Å². The van der Waals surface area contributed by atoms with E-state index < -0.39 is 10.0 Å². The maximum atomic E-state index is 11.5. The van der Waals surface area contributed by atoms with E-state index in [9.17, 15) is 8.42 Å². The maximum absolute atomic E-state index is 11.5. The van der Waals surface area contributed by atoms with E-state index in [4.69, 9.17) is 3.98 Å². The van der Waals surface area contributed by atoms with Crippen molar-refractivity contribution in [3.05, 3.63) is 34.3 Å². The van der Waals surface area contributed by atoms with Crippen molar-refractivity contribution in [3.63, 3.8) is 0 Å². The molecule has 3 rings (SSSR count). The van der Waals surface area contributed by atoms with Gasteiger partial charge in [-0.05, 0) is 0 Å². The summed E-state index contributed by atoms with van der Waals surface area (Å²) >= 11 is 0.198. The number of hydrogen-bond donors (Lipinski definition) is 1. The predicted octanol–water partition coefficient (Wildman–Crippen LogP) is 2.06. The molecule has 1 aliphatic rings. The third-order valence-electron chi connectivity index (χ3n) is 3.43. The van der Waals surface area contributed by atoms with Crippen LogP contribution in [0.3, 0.4) is 0 Å². The van der Waals surface area contributed by atoms with E-state index in [1.807, 2.05) is 18.2 Å². The number of hydrogen-bond acceptors (Lipinski definition) is 3. The summed E-state index contributed by atoms with van der Waals surface area (Å²) in [6.45, 7) is 0. The number of benzene rings is 1. The molecule has 20 heavy (non-hydrogen) atoms. The molecule has 1 aliphatic carbocycles. The molecule has 1 N–H and O–H groups in total. The second kappa shape index (κ2) is 5.35. The van der Waals surface area contributed by atoms with Gasteiger partial charge in [0.25, 0.3) is 0 Å². The molecule has 1 aromatic heterocycles. The SMILES string of the molecule is CS(=O)(=O)Nc1ccccc1-c1n[se]c2c1CCCC2. The van der Waals surface area contributed by atoms with Gasteiger partial charge < -0.3 is 0 Å². The van der Waals surface area contributed by atoms with E-state index >= 15 is 0 Å². The summed E-state index contributed by atoms with van der Waals surface area (Å²) in [7, 11) is -3.27. The Hall–Kier alpha value is -1.10. The van der Waals surface area contributed by atoms with Crippen LogP contribution < -0.4 is 4.72 Å². The molecular formula is C14H16N2O2SSe. The van der Waals surface area contributed by atoms with Gasteiger partial charge in [0.1, 0.15) is 0 Å². The van der Waals surface area contributed by atoms with Crippen LogP contribution >= 0.6 is 0 Å². The first kappa shape index (κ1) is 13.9. The zero-order valence-electron chi connectivity index (χ0n) is 11.2. The topological polar surface area (TPSA) is 59.1 Å². The summed E-state index contributed by atoms with van der Waals surface area (Å²) in [5.74, 6) is 0. The molecule has 0 saturated carbocycles. The van der Waals surface area contributed by atoms with Crippen LogP contribution in [0.4, 0.5) is 5.69 Å². The molecule has 0 bridgehead atoms. The molecule has 0 spiro atoms. The molecule has 2 aromatic rings. The number of para-hydroxylation sites is 1. The Morgan fingerprint density at radius 1 is 1.20 bits per heavy atom. The van der Waals surface area contributed by atoms with E-state index in [-0.39, 0.29) is 14.7 Å². The van der Waals surface area contributed by atoms with Gasteiger partial charge in [0, 0.05) is 0 Å². The van der Waals surface area contributed by atoms with Crippen LogP contribution in [-0.2, 0) is 22.9 Å². The Labute approximate surface area is 125 Å². The molecule has 6 heteroatoms. The van der Waals surface area contributed by atoms with Crippen molar-refractivity contribution in [2.24, 2.45) is 0 Å². The van der Waals surface area contributed by atoms with Crippen molar-refractivity contribution in [1.29, 1.82) is 0 Å². The molecular weight excluding hydrogens is 339 g/mol. The van der Waals surface area contributed by atoms with E-state index in [0.29, 0.717) is 5.69 Å². The summed E-state index contributed by atoms with van der Waals surface area (Å²) < 4.78 is 31.8. The summed E-state index contributed by atoms with van der Waals surface area (Å²) in [6.07, 6.45) is 5.87. The summed E-state index contributed by atoms with van der Waals surface area (Å²) in [5, 5.41) is 0. The van der Waals surface area contributed by atoms with Crippen molar-refractivity contribution < 1.29 is 8.42 Å². The monoisotopic (exact) mass is 356 g/mol. The minimum absolute atomic E-state index is 0.198. The van der Waals surface area contributed by atoms with Gasteiger partial charge >= 0.3 is 125 Å². The fourth-order valence-electron chi connectivity index (χ4n) is 2.57. The normalized spacial score (nSPS) is 14.8. The Morgan fingerprint density at radius 3 is 2.75 bits per heavy atom. The average Bonchev–Trinajstić information content (AvgIpc) is 2.81. The summed E-state index contributed by atoms with van der Waals surface area (Å²) in [6, 6.07) is 7.52. The van der Waals surface area contributed by atoms with Gasteiger partial charge in [0.2, 0.25) is 0 Å². The van der Waals surface area contributed by atoms with Gasteiger partial charge in [0.05, 0.1) is 0 Å². The Morgan fingerprint density at radius 2 is 1.95 bits per heavy atom. The van der Waals surface area contributed by atoms with Gasteiger partial charge in [-0.2, -0.15) is 0 Å². The number of rotatable bonds is 3. The quantitative estimate of drug-likeness (QED) is 0.858. The van der Waals surface area contributed by atoms with Crippen LogP contribution in [-0.4, -0.2) is 33.4 Å². The summed E-state index contributed by atoms with van der Waals surface area (Å²) in [5.41, 5.74) is 3.90. The Balaban J connectivity index is 2.08. The zero-order chi connectivity index (χ0) is 14.2. The number of sulfonamides is 1. The van der Waals surface area contributed by atoms with Gasteiger partial charge in [-0.1, -0.05) is 0 Å². The molecule has 0 saturated heterocycles. The molecule has 0 fully saturated rings. The van der Waals surface area contributed by atoms with Crippen LogP contribution in [0.15, 0.2) is 24.3 Å². The Bertz CT molecular complexity index is 737. The number of fused-ring (bicyclic) bond motifs is 1. The zero-order valence-corrected chi connectivity index (χ0v) is 13.7. The molecule has 1 aromatic carbocycles. The fourth-order valence-corrected chi connectivity index (χ4v) is 5.16. The first-order chi connectivity index (χ1) is 9.54. The third-order valence-corrected chi connectivity index (χ3v) is 6.00. The van der Waals surface area contributed by atoms with Crippen molar-refractivity contribution in [2.45, 2.75) is 25.7 Å². The van der Waals surface area contributed by atoms with Crippen molar-refractivity contribution >= 4 is 30.4 Å². The van der Waals surface area contributed by atoms with Gasteiger partial charge in [0.15, 0.2) is 0 Å². The van der Waals surface area contributed by atoms with E-state index in [2.05, 4.69) is 4.72 Å². The molecule has 0 amide bonds. The molecule has 1 heterocycles. The Kier molecular flexibility index (Phi) is 3.71. The van der Waals surface area contributed by atoms with Gasteiger partial charge in [-0.25, -0.2) is 0 Å². The van der Waals surface area contributed by atoms with Gasteiger partial charge in [-0.15, -0.1) is 0 Å². The van der Waals surface area contributed by atoms with Crippen LogP contribution in [0, 0.1) is 0 Å². The number of nitrogens with one attached hydrogen (secondary N) is 1. The van der Waals surface area contributed by atoms with Gasteiger partial charge in [-0.3, -0.25) is 0 Å². The van der Waals surface area contributed by atoms with Crippen LogP contribution in [0.25, 0.3) is 11.3 Å². The van der Waals surface area contributed by atoms with Crippen molar-refractivity contribution in [2.75, 3.05) is 11.0 Å². The summed E-state index contributed by atoms with van der Waals surface area (Å²) in [4.78, 5) is 0. The van der Waals surface area contributed by atoms with Crippen molar-refractivity contribution in [3.8, 4) is 11.3 Å². The van der Waals surface area contributed by atoms with Crippen LogP contribution in [0.1, 0.15) is 22.8 Å². The second-order valence-electron chi connectivity index (χ2n) is 5.06. The second-order valence-corrected chi connectivity index (χ2v) is 8.61. The van der Waals surface area contributed by atoms with Crippen LogP contribution in [0.5, 0.6) is 0 Å². The van der Waals surface area contributed by atoms with Crippen molar-refractivity contribution in [1.82, 2.24) is 3.98 Å². The molecule has 106 valence electrons. The average molecular weight is 355 g/mol. The molecule has 0 atom stereocenters. The third kappa shape index (κ3) is 2.82. The molecule has 0 unspecified atom stereocenters. The first-order valence-electron chi connectivity index (χ1n) is 6.59. The molecule has 0 aliphatic heterocycles. The predicted molar refractivity (Wildman–Crippen MR) is 81.7 cm³/mol. The number of aromatic nitrogens is 1. The van der Waals surface area contributed by atoms with Crippen LogP contribution in [0.2, 0.25) is 0 Å². The molecule has 4 nitrogen and oxygen atoms in total. The fraction of sp³-hybridized carbons (Fsp3) is 0.357. The number of anilines is 1. The van der Waals surface area contributed by atoms with E-state index in [1.54, 1.807) is 6.07 Å². The minimum atomic E-state index is -3.27. The first-order valence-corrected chi connectivity index (χ1v) is 10.1. The number of nitrogens with zero attached hydrogens (tertiary/aromatic N) is 1. The number of aryl methyl sites for hydroxylation is 1. The molecule has 0 radical (unpaired) electrons. The standard InChI is InChI=1S/C14H16N2O2SSe/c1-19(17,18)15-12-8-4-2-6-10(12)14-11-7-3-5-9-13(11)20-16-14/h2,4,6,8,15H,3,5,7,9H2,1H3.